The van der Waals surface area contributed by atoms with E-state index in [4.69, 9.17) is 9.47 Å². The highest BCUT2D eigenvalue weighted by molar-refractivity contribution is 7.09. The van der Waals surface area contributed by atoms with Gasteiger partial charge < -0.3 is 14.5 Å². The molecule has 5 nitrogen and oxygen atoms in total. The number of hydrogen-bond donors (Lipinski definition) is 1. The monoisotopic (exact) mass is 287 g/mol. The number of aromatic amines is 1. The zero-order valence-electron chi connectivity index (χ0n) is 11.0. The highest BCUT2D eigenvalue weighted by Crippen LogP contribution is 2.34. The molecule has 0 radical (unpaired) electrons. The second kappa shape index (κ2) is 4.49. The minimum absolute atomic E-state index is 0.682. The molecule has 0 fully saturated rings. The van der Waals surface area contributed by atoms with Crippen molar-refractivity contribution in [2.24, 2.45) is 0 Å². The van der Waals surface area contributed by atoms with E-state index in [-0.39, 0.29) is 0 Å². The first-order valence-corrected chi connectivity index (χ1v) is 7.39. The van der Waals surface area contributed by atoms with Crippen molar-refractivity contribution >= 4 is 22.4 Å². The van der Waals surface area contributed by atoms with Gasteiger partial charge in [0.05, 0.1) is 29.3 Å². The molecule has 0 amide bonds. The molecular weight excluding hydrogens is 274 g/mol. The van der Waals surface area contributed by atoms with Crippen LogP contribution in [0.3, 0.4) is 0 Å². The Morgan fingerprint density at radius 2 is 1.95 bits per heavy atom. The van der Waals surface area contributed by atoms with Gasteiger partial charge in [-0.3, -0.25) is 0 Å². The lowest BCUT2D eigenvalue weighted by Crippen LogP contribution is -1.97. The number of aromatic nitrogens is 3. The van der Waals surface area contributed by atoms with Gasteiger partial charge in [0.15, 0.2) is 17.3 Å². The van der Waals surface area contributed by atoms with Gasteiger partial charge in [0.2, 0.25) is 0 Å². The third-order valence-electron chi connectivity index (χ3n) is 3.21. The molecule has 0 saturated carbocycles. The van der Waals surface area contributed by atoms with Crippen LogP contribution in [0.5, 0.6) is 11.5 Å². The summed E-state index contributed by atoms with van der Waals surface area (Å²) in [6.07, 6.45) is 0.902. The van der Waals surface area contributed by atoms with Crippen LogP contribution in [0.15, 0.2) is 17.5 Å². The first-order valence-electron chi connectivity index (χ1n) is 6.51. The van der Waals surface area contributed by atoms with Crippen molar-refractivity contribution in [1.82, 2.24) is 15.0 Å². The van der Waals surface area contributed by atoms with Crippen molar-refractivity contribution in [3.8, 4) is 23.0 Å². The molecule has 3 aromatic rings. The maximum atomic E-state index is 5.69. The summed E-state index contributed by atoms with van der Waals surface area (Å²) in [5.41, 5.74) is 2.69. The number of thiazole rings is 1. The molecule has 0 spiro atoms. The first kappa shape index (κ1) is 11.7. The predicted molar refractivity (Wildman–Crippen MR) is 77.5 cm³/mol. The molecule has 2 aromatic heterocycles. The second-order valence-electron chi connectivity index (χ2n) is 4.70. The molecule has 102 valence electrons. The van der Waals surface area contributed by atoms with Crippen molar-refractivity contribution in [2.75, 3.05) is 13.2 Å². The molecule has 0 aliphatic carbocycles. The average molecular weight is 287 g/mol. The molecule has 4 rings (SSSR count). The van der Waals surface area contributed by atoms with Gasteiger partial charge in [-0.1, -0.05) is 0 Å². The maximum Gasteiger partial charge on any atom is 0.163 e. The minimum atomic E-state index is 0.682. The van der Waals surface area contributed by atoms with Crippen molar-refractivity contribution in [3.05, 3.63) is 22.5 Å². The molecule has 0 atom stereocenters. The number of fused-ring (bicyclic) bond motifs is 2. The van der Waals surface area contributed by atoms with E-state index < -0.39 is 0 Å². The molecule has 6 heteroatoms. The van der Waals surface area contributed by atoms with Gasteiger partial charge in [-0.15, -0.1) is 11.3 Å². The van der Waals surface area contributed by atoms with Crippen LogP contribution in [0, 0.1) is 6.92 Å². The molecule has 1 N–H and O–H groups in total. The van der Waals surface area contributed by atoms with Crippen LogP contribution in [0.25, 0.3) is 22.6 Å². The zero-order chi connectivity index (χ0) is 13.5. The fourth-order valence-electron chi connectivity index (χ4n) is 2.26. The summed E-state index contributed by atoms with van der Waals surface area (Å²) in [4.78, 5) is 12.3. The lowest BCUT2D eigenvalue weighted by molar-refractivity contribution is 0.297. The van der Waals surface area contributed by atoms with E-state index in [2.05, 4.69) is 15.0 Å². The topological polar surface area (TPSA) is 60.0 Å². The minimum Gasteiger partial charge on any atom is -0.489 e. The van der Waals surface area contributed by atoms with Crippen LogP contribution >= 0.6 is 11.3 Å². The summed E-state index contributed by atoms with van der Waals surface area (Å²) in [5.74, 6) is 2.33. The third kappa shape index (κ3) is 1.92. The molecule has 3 heterocycles. The van der Waals surface area contributed by atoms with Gasteiger partial charge in [-0.2, -0.15) is 0 Å². The Morgan fingerprint density at radius 1 is 1.15 bits per heavy atom. The van der Waals surface area contributed by atoms with Crippen molar-refractivity contribution < 1.29 is 9.47 Å². The number of nitrogens with zero attached hydrogens (tertiary/aromatic N) is 2. The summed E-state index contributed by atoms with van der Waals surface area (Å²) in [5, 5.41) is 3.04. The highest BCUT2D eigenvalue weighted by atomic mass is 32.1. The molecule has 0 saturated heterocycles. The van der Waals surface area contributed by atoms with Crippen LogP contribution in [-0.2, 0) is 0 Å². The van der Waals surface area contributed by atoms with E-state index in [0.29, 0.717) is 13.2 Å². The summed E-state index contributed by atoms with van der Waals surface area (Å²) < 4.78 is 11.4. The number of aryl methyl sites for hydroxylation is 1. The van der Waals surface area contributed by atoms with Crippen molar-refractivity contribution in [1.29, 1.82) is 0 Å². The second-order valence-corrected chi connectivity index (χ2v) is 5.77. The van der Waals surface area contributed by atoms with E-state index in [0.717, 1.165) is 45.5 Å². The lowest BCUT2D eigenvalue weighted by atomic mass is 10.3. The van der Waals surface area contributed by atoms with Gasteiger partial charge in [0.1, 0.15) is 5.69 Å². The maximum absolute atomic E-state index is 5.69. The van der Waals surface area contributed by atoms with Crippen LogP contribution in [0.4, 0.5) is 0 Å². The van der Waals surface area contributed by atoms with Gasteiger partial charge in [0, 0.05) is 23.9 Å². The Morgan fingerprint density at radius 3 is 2.70 bits per heavy atom. The van der Waals surface area contributed by atoms with Crippen molar-refractivity contribution in [2.45, 2.75) is 13.3 Å². The predicted octanol–water partition coefficient (Wildman–Crippen LogP) is 3.16. The van der Waals surface area contributed by atoms with Crippen LogP contribution in [0.1, 0.15) is 11.4 Å². The Labute approximate surface area is 119 Å². The summed E-state index contributed by atoms with van der Waals surface area (Å²) >= 11 is 1.62. The molecule has 1 aromatic carbocycles. The molecule has 20 heavy (non-hydrogen) atoms. The Bertz CT molecular complexity index is 735. The standard InChI is InChI=1S/C14H13N3O2S/c1-8-15-11(7-20-8)14-16-9-5-12-13(6-10(9)17-14)19-4-2-3-18-12/h5-7H,2-4H2,1H3,(H,16,17). The van der Waals surface area contributed by atoms with Crippen LogP contribution in [0.2, 0.25) is 0 Å². The molecule has 0 unspecified atom stereocenters. The van der Waals surface area contributed by atoms with Gasteiger partial charge in [0.25, 0.3) is 0 Å². The van der Waals surface area contributed by atoms with E-state index >= 15 is 0 Å². The molecular formula is C14H13N3O2S. The number of H-pyrrole nitrogens is 1. The van der Waals surface area contributed by atoms with E-state index in [1.807, 2.05) is 24.4 Å². The average Bonchev–Trinajstić information content (AvgIpc) is 2.97. The molecule has 1 aliphatic rings. The smallest absolute Gasteiger partial charge is 0.163 e. The van der Waals surface area contributed by atoms with Crippen LogP contribution < -0.4 is 9.47 Å². The van der Waals surface area contributed by atoms with Gasteiger partial charge >= 0.3 is 0 Å². The molecule has 1 aliphatic heterocycles. The van der Waals surface area contributed by atoms with E-state index in [9.17, 15) is 0 Å². The first-order chi connectivity index (χ1) is 9.79. The largest absolute Gasteiger partial charge is 0.489 e. The number of benzene rings is 1. The number of nitrogens with one attached hydrogen (secondary N) is 1. The summed E-state index contributed by atoms with van der Waals surface area (Å²) in [6.45, 7) is 3.35. The van der Waals surface area contributed by atoms with Crippen LogP contribution in [-0.4, -0.2) is 28.2 Å². The van der Waals surface area contributed by atoms with Gasteiger partial charge in [-0.25, -0.2) is 9.97 Å². The molecule has 0 bridgehead atoms. The van der Waals surface area contributed by atoms with Gasteiger partial charge in [-0.05, 0) is 6.92 Å². The van der Waals surface area contributed by atoms with E-state index in [1.165, 1.54) is 0 Å². The Kier molecular flexibility index (Phi) is 2.63. The summed E-state index contributed by atoms with van der Waals surface area (Å²) in [7, 11) is 0. The fraction of sp³-hybridized carbons (Fsp3) is 0.286. The summed E-state index contributed by atoms with van der Waals surface area (Å²) in [6, 6.07) is 3.88. The number of hydrogen-bond acceptors (Lipinski definition) is 5. The number of imidazole rings is 1. The number of rotatable bonds is 1. The lowest BCUT2D eigenvalue weighted by Gasteiger charge is -2.05. The van der Waals surface area contributed by atoms with E-state index in [1.54, 1.807) is 11.3 Å². The SMILES string of the molecule is Cc1nc(-c2nc3cc4c(cc3[nH]2)OCCCO4)cs1. The quantitative estimate of drug-likeness (QED) is 0.747. The number of ether oxygens (including phenoxy) is 2. The van der Waals surface area contributed by atoms with Crippen molar-refractivity contribution in [3.63, 3.8) is 0 Å². The third-order valence-corrected chi connectivity index (χ3v) is 3.99. The fourth-order valence-corrected chi connectivity index (χ4v) is 2.86. The Hall–Kier alpha value is -2.08. The normalized spacial score (nSPS) is 14.4. The zero-order valence-corrected chi connectivity index (χ0v) is 11.8. The highest BCUT2D eigenvalue weighted by Gasteiger charge is 2.15. The Balaban J connectivity index is 1.83.